The number of carbonyl (C=O) groups excluding carboxylic acids is 1. The summed E-state index contributed by atoms with van der Waals surface area (Å²) in [7, 11) is 1.58. The number of aliphatic hydroxyl groups excluding tert-OH is 1. The molecule has 16 heavy (non-hydrogen) atoms. The molecule has 0 aliphatic carbocycles. The summed E-state index contributed by atoms with van der Waals surface area (Å²) in [5, 5.41) is 14.5. The number of methoxy groups -OCH3 is 1. The number of hydrogen-bond donors (Lipinski definition) is 3. The second kappa shape index (κ2) is 9.16. The van der Waals surface area contributed by atoms with E-state index in [-0.39, 0.29) is 31.1 Å². The van der Waals surface area contributed by atoms with Crippen LogP contribution in [0.3, 0.4) is 0 Å². The van der Waals surface area contributed by atoms with Crippen LogP contribution in [0.25, 0.3) is 0 Å². The third kappa shape index (κ3) is 6.40. The van der Waals surface area contributed by atoms with Gasteiger partial charge in [0.2, 0.25) is 5.91 Å². The summed E-state index contributed by atoms with van der Waals surface area (Å²) in [6.07, 6.45) is 5.58. The number of ether oxygens (including phenoxy) is 1. The quantitative estimate of drug-likeness (QED) is 0.471. The topological polar surface area (TPSA) is 70.6 Å². The van der Waals surface area contributed by atoms with Crippen LogP contribution in [0.5, 0.6) is 0 Å². The van der Waals surface area contributed by atoms with Crippen LogP contribution < -0.4 is 10.6 Å². The number of rotatable bonds is 8. The maximum absolute atomic E-state index is 11.5. The number of nitrogens with one attached hydrogen (secondary N) is 2. The Morgan fingerprint density at radius 2 is 2.31 bits per heavy atom. The van der Waals surface area contributed by atoms with Gasteiger partial charge in [0, 0.05) is 19.8 Å². The lowest BCUT2D eigenvalue weighted by Gasteiger charge is -2.21. The molecule has 0 rings (SSSR count). The molecule has 1 amide bonds. The second-order valence-electron chi connectivity index (χ2n) is 3.47. The van der Waals surface area contributed by atoms with Crippen molar-refractivity contribution in [2.45, 2.75) is 25.4 Å². The van der Waals surface area contributed by atoms with Crippen LogP contribution in [0.4, 0.5) is 0 Å². The highest BCUT2D eigenvalue weighted by Gasteiger charge is 2.16. The fourth-order valence-corrected chi connectivity index (χ4v) is 1.29. The minimum atomic E-state index is -0.361. The summed E-state index contributed by atoms with van der Waals surface area (Å²) in [6.45, 7) is 2.47. The van der Waals surface area contributed by atoms with Gasteiger partial charge >= 0.3 is 0 Å². The Balaban J connectivity index is 4.01. The third-order valence-corrected chi connectivity index (χ3v) is 2.09. The predicted octanol–water partition coefficient (Wildman–Crippen LogP) is -0.889. The molecule has 0 bridgehead atoms. The van der Waals surface area contributed by atoms with Crippen molar-refractivity contribution in [2.75, 3.05) is 26.9 Å². The van der Waals surface area contributed by atoms with E-state index in [2.05, 4.69) is 16.6 Å². The van der Waals surface area contributed by atoms with Crippen molar-refractivity contribution in [3.8, 4) is 12.3 Å². The number of hydrogen-bond acceptors (Lipinski definition) is 4. The molecule has 0 saturated carbocycles. The zero-order valence-electron chi connectivity index (χ0n) is 9.82. The van der Waals surface area contributed by atoms with E-state index < -0.39 is 0 Å². The molecule has 0 aromatic rings. The van der Waals surface area contributed by atoms with Gasteiger partial charge < -0.3 is 20.5 Å². The van der Waals surface area contributed by atoms with E-state index in [0.717, 1.165) is 0 Å². The maximum Gasteiger partial charge on any atom is 0.237 e. The van der Waals surface area contributed by atoms with E-state index in [0.29, 0.717) is 13.0 Å². The lowest BCUT2D eigenvalue weighted by atomic mass is 10.2. The first-order valence-electron chi connectivity index (χ1n) is 5.22. The largest absolute Gasteiger partial charge is 0.396 e. The lowest BCUT2D eigenvalue weighted by molar-refractivity contribution is -0.122. The van der Waals surface area contributed by atoms with Crippen molar-refractivity contribution in [2.24, 2.45) is 0 Å². The molecule has 0 aromatic heterocycles. The molecule has 5 heteroatoms. The second-order valence-corrected chi connectivity index (χ2v) is 3.47. The van der Waals surface area contributed by atoms with Gasteiger partial charge in [-0.3, -0.25) is 4.79 Å². The molecule has 0 fully saturated rings. The van der Waals surface area contributed by atoms with Gasteiger partial charge in [0.25, 0.3) is 0 Å². The molecule has 0 aliphatic rings. The molecule has 2 unspecified atom stereocenters. The van der Waals surface area contributed by atoms with Crippen LogP contribution in [-0.2, 0) is 9.53 Å². The van der Waals surface area contributed by atoms with E-state index in [9.17, 15) is 4.79 Å². The van der Waals surface area contributed by atoms with Crippen molar-refractivity contribution < 1.29 is 14.6 Å². The van der Waals surface area contributed by atoms with Gasteiger partial charge in [-0.05, 0) is 13.3 Å². The van der Waals surface area contributed by atoms with Gasteiger partial charge in [0.15, 0.2) is 0 Å². The average molecular weight is 228 g/mol. The Bertz CT molecular complexity index is 232. The SMILES string of the molecule is C#CCNC(=O)C(C)NC(CCO)COC. The Morgan fingerprint density at radius 1 is 1.62 bits per heavy atom. The van der Waals surface area contributed by atoms with Crippen LogP contribution in [0.1, 0.15) is 13.3 Å². The first-order chi connectivity index (χ1) is 7.65. The molecule has 0 heterocycles. The minimum absolute atomic E-state index is 0.0402. The highest BCUT2D eigenvalue weighted by atomic mass is 16.5. The molecular formula is C11H20N2O3. The summed E-state index contributed by atoms with van der Waals surface area (Å²) in [4.78, 5) is 11.5. The smallest absolute Gasteiger partial charge is 0.237 e. The summed E-state index contributed by atoms with van der Waals surface area (Å²) in [5.74, 6) is 2.18. The van der Waals surface area contributed by atoms with E-state index in [4.69, 9.17) is 16.3 Å². The first-order valence-corrected chi connectivity index (χ1v) is 5.22. The maximum atomic E-state index is 11.5. The Hall–Kier alpha value is -1.09. The van der Waals surface area contributed by atoms with Gasteiger partial charge in [-0.1, -0.05) is 5.92 Å². The van der Waals surface area contributed by atoms with Gasteiger partial charge in [-0.2, -0.15) is 0 Å². The number of aliphatic hydroxyl groups is 1. The van der Waals surface area contributed by atoms with Crippen LogP contribution in [0.2, 0.25) is 0 Å². The fourth-order valence-electron chi connectivity index (χ4n) is 1.29. The van der Waals surface area contributed by atoms with Crippen molar-refractivity contribution in [1.29, 1.82) is 0 Å². The van der Waals surface area contributed by atoms with Crippen LogP contribution in [0, 0.1) is 12.3 Å². The summed E-state index contributed by atoms with van der Waals surface area (Å²) in [5.41, 5.74) is 0. The van der Waals surface area contributed by atoms with E-state index >= 15 is 0 Å². The molecule has 0 aromatic carbocycles. The number of amides is 1. The van der Waals surface area contributed by atoms with Crippen LogP contribution in [0.15, 0.2) is 0 Å². The average Bonchev–Trinajstić information content (AvgIpc) is 2.26. The van der Waals surface area contributed by atoms with E-state index in [1.165, 1.54) is 0 Å². The molecule has 92 valence electrons. The van der Waals surface area contributed by atoms with Gasteiger partial charge in [-0.15, -0.1) is 6.42 Å². The lowest BCUT2D eigenvalue weighted by Crippen LogP contribution is -2.48. The first kappa shape index (κ1) is 14.9. The molecule has 3 N–H and O–H groups in total. The molecular weight excluding hydrogens is 208 g/mol. The Kier molecular flexibility index (Phi) is 8.53. The van der Waals surface area contributed by atoms with Crippen molar-refractivity contribution in [1.82, 2.24) is 10.6 Å². The monoisotopic (exact) mass is 228 g/mol. The number of terminal acetylenes is 1. The molecule has 0 aliphatic heterocycles. The van der Waals surface area contributed by atoms with Crippen molar-refractivity contribution in [3.63, 3.8) is 0 Å². The normalized spacial score (nSPS) is 13.9. The fraction of sp³-hybridized carbons (Fsp3) is 0.727. The molecule has 2 atom stereocenters. The minimum Gasteiger partial charge on any atom is -0.396 e. The molecule has 0 saturated heterocycles. The highest BCUT2D eigenvalue weighted by molar-refractivity contribution is 5.81. The zero-order valence-corrected chi connectivity index (χ0v) is 9.82. The van der Waals surface area contributed by atoms with Gasteiger partial charge in [0.1, 0.15) is 0 Å². The highest BCUT2D eigenvalue weighted by Crippen LogP contribution is 1.95. The zero-order chi connectivity index (χ0) is 12.4. The van der Waals surface area contributed by atoms with Crippen molar-refractivity contribution in [3.05, 3.63) is 0 Å². The molecule has 5 nitrogen and oxygen atoms in total. The summed E-state index contributed by atoms with van der Waals surface area (Å²) < 4.78 is 4.98. The Labute approximate surface area is 96.6 Å². The molecule has 0 radical (unpaired) electrons. The van der Waals surface area contributed by atoms with Crippen molar-refractivity contribution >= 4 is 5.91 Å². The van der Waals surface area contributed by atoms with Gasteiger partial charge in [0.05, 0.1) is 19.2 Å². The van der Waals surface area contributed by atoms with Crippen LogP contribution >= 0.6 is 0 Å². The summed E-state index contributed by atoms with van der Waals surface area (Å²) in [6, 6.07) is -0.401. The summed E-state index contributed by atoms with van der Waals surface area (Å²) >= 11 is 0. The Morgan fingerprint density at radius 3 is 2.81 bits per heavy atom. The molecule has 0 spiro atoms. The van der Waals surface area contributed by atoms with E-state index in [1.54, 1.807) is 14.0 Å². The predicted molar refractivity (Wildman–Crippen MR) is 61.8 cm³/mol. The van der Waals surface area contributed by atoms with E-state index in [1.807, 2.05) is 0 Å². The van der Waals surface area contributed by atoms with Gasteiger partial charge in [-0.25, -0.2) is 0 Å². The number of carbonyl (C=O) groups is 1. The third-order valence-electron chi connectivity index (χ3n) is 2.09. The standard InChI is InChI=1S/C11H20N2O3/c1-4-6-12-11(15)9(2)13-10(5-7-14)8-16-3/h1,9-10,13-14H,5-8H2,2-3H3,(H,12,15). The van der Waals surface area contributed by atoms with Crippen LogP contribution in [-0.4, -0.2) is 50.0 Å².